The van der Waals surface area contributed by atoms with Crippen LogP contribution in [0.1, 0.15) is 44.7 Å². The minimum atomic E-state index is -6.45. The van der Waals surface area contributed by atoms with Gasteiger partial charge in [0.1, 0.15) is 11.6 Å². The number of halogens is 11. The van der Waals surface area contributed by atoms with Crippen molar-refractivity contribution in [2.45, 2.75) is 30.9 Å². The summed E-state index contributed by atoms with van der Waals surface area (Å²) < 4.78 is 123. The van der Waals surface area contributed by atoms with Crippen LogP contribution in [0.4, 0.5) is 50.9 Å². The van der Waals surface area contributed by atoms with Crippen molar-refractivity contribution in [2.75, 3.05) is 16.8 Å². The van der Waals surface area contributed by atoms with E-state index in [9.17, 15) is 44.7 Å². The lowest BCUT2D eigenvalue weighted by atomic mass is 9.94. The fourth-order valence-electron chi connectivity index (χ4n) is 4.18. The quantitative estimate of drug-likeness (QED) is 0.256. The lowest BCUT2D eigenvalue weighted by Gasteiger charge is -2.30. The number of nitrogens with one attached hydrogen (secondary N) is 1. The van der Waals surface area contributed by atoms with Gasteiger partial charge in [0, 0.05) is 17.7 Å². The van der Waals surface area contributed by atoms with Crippen LogP contribution in [0.25, 0.3) is 0 Å². The lowest BCUT2D eigenvalue weighted by Crippen LogP contribution is -2.50. The molecular formula is C28H16Cl2F9N3O2. The number of rotatable bonds is 7. The first-order chi connectivity index (χ1) is 20.4. The van der Waals surface area contributed by atoms with Gasteiger partial charge in [-0.05, 0) is 67.3 Å². The number of carbonyl (C=O) groups excluding carboxylic acids is 2. The van der Waals surface area contributed by atoms with Crippen LogP contribution < -0.4 is 10.2 Å². The predicted octanol–water partition coefficient (Wildman–Crippen LogP) is 8.74. The van der Waals surface area contributed by atoms with Crippen LogP contribution in [0.2, 0.25) is 10.0 Å². The van der Waals surface area contributed by atoms with Crippen LogP contribution in [0, 0.1) is 28.9 Å². The van der Waals surface area contributed by atoms with E-state index in [1.165, 1.54) is 6.07 Å². The smallest absolute Gasteiger partial charge is 0.319 e. The van der Waals surface area contributed by atoms with Crippen LogP contribution in [0.5, 0.6) is 0 Å². The summed E-state index contributed by atoms with van der Waals surface area (Å²) in [4.78, 5) is 27.2. The molecule has 3 aromatic carbocycles. The molecule has 16 heteroatoms. The predicted molar refractivity (Wildman–Crippen MR) is 141 cm³/mol. The van der Waals surface area contributed by atoms with Gasteiger partial charge in [0.05, 0.1) is 38.6 Å². The molecule has 1 fully saturated rings. The van der Waals surface area contributed by atoms with Crippen molar-refractivity contribution >= 4 is 46.4 Å². The van der Waals surface area contributed by atoms with Gasteiger partial charge in [-0.3, -0.25) is 9.59 Å². The number of nitrogens with zero attached hydrogens (tertiary/aromatic N) is 2. The molecule has 4 rings (SSSR count). The van der Waals surface area contributed by atoms with Gasteiger partial charge in [-0.2, -0.15) is 31.6 Å². The van der Waals surface area contributed by atoms with E-state index in [1.807, 2.05) is 0 Å². The average Bonchev–Trinajstić information content (AvgIpc) is 3.76. The van der Waals surface area contributed by atoms with Gasteiger partial charge in [-0.15, -0.1) is 0 Å². The summed E-state index contributed by atoms with van der Waals surface area (Å²) in [5, 5.41) is 9.05. The number of alkyl halides is 7. The zero-order chi connectivity index (χ0) is 32.8. The van der Waals surface area contributed by atoms with E-state index in [0.717, 1.165) is 35.2 Å². The molecule has 0 radical (unpaired) electrons. The topological polar surface area (TPSA) is 73.2 Å². The number of carbonyl (C=O) groups is 2. The van der Waals surface area contributed by atoms with E-state index in [0.29, 0.717) is 12.8 Å². The second-order valence-corrected chi connectivity index (χ2v) is 10.6. The zero-order valence-corrected chi connectivity index (χ0v) is 23.2. The molecule has 0 bridgehead atoms. The number of benzene rings is 3. The molecular weight excluding hydrogens is 652 g/mol. The lowest BCUT2D eigenvalue weighted by molar-refractivity contribution is -0.348. The summed E-state index contributed by atoms with van der Waals surface area (Å²) in [6.45, 7) is -0.0667. The number of anilines is 2. The van der Waals surface area contributed by atoms with Crippen molar-refractivity contribution < 1.29 is 49.1 Å². The van der Waals surface area contributed by atoms with Crippen molar-refractivity contribution in [3.63, 3.8) is 0 Å². The molecule has 0 heterocycles. The van der Waals surface area contributed by atoms with Gasteiger partial charge in [-0.25, -0.2) is 13.2 Å². The van der Waals surface area contributed by atoms with E-state index < -0.39 is 74.0 Å². The van der Waals surface area contributed by atoms with E-state index in [4.69, 9.17) is 28.5 Å². The SMILES string of the molecule is N#Cc1ccc(C(=O)N(CC2CC2)c2cc(C(=O)Nc3c(Cl)cc(C(F)(C(F)(F)F)C(F)(F)F)cc3Cl)ccc2F)c(F)c1. The Bertz CT molecular complexity index is 1650. The molecule has 1 saturated carbocycles. The molecule has 0 spiro atoms. The van der Waals surface area contributed by atoms with Crippen molar-refractivity contribution in [1.82, 2.24) is 0 Å². The Labute approximate surface area is 252 Å². The molecule has 0 aliphatic heterocycles. The second kappa shape index (κ2) is 11.9. The third-order valence-corrected chi connectivity index (χ3v) is 7.27. The molecule has 0 atom stereocenters. The van der Waals surface area contributed by atoms with E-state index in [1.54, 1.807) is 6.07 Å². The molecule has 0 saturated heterocycles. The highest BCUT2D eigenvalue weighted by Gasteiger charge is 2.73. The van der Waals surface area contributed by atoms with E-state index >= 15 is 4.39 Å². The minimum Gasteiger partial charge on any atom is -0.319 e. The second-order valence-electron chi connectivity index (χ2n) is 9.75. The standard InChI is InChI=1S/C28H16Cl2F9N3O2/c29-18-9-16(26(33,27(34,35)36)28(37,38)39)10-19(30)23(18)41-24(43)15-4-6-20(31)22(8-15)42(12-13-1-2-13)25(44)17-5-3-14(11-40)7-21(17)32/h3-10,13H,1-2,12H2,(H,41,43). The number of hydrogen-bond acceptors (Lipinski definition) is 3. The summed E-state index contributed by atoms with van der Waals surface area (Å²) in [5.41, 5.74) is -9.91. The van der Waals surface area contributed by atoms with Crippen molar-refractivity contribution in [2.24, 2.45) is 5.92 Å². The molecule has 3 aromatic rings. The summed E-state index contributed by atoms with van der Waals surface area (Å²) in [6.07, 6.45) is -11.5. The summed E-state index contributed by atoms with van der Waals surface area (Å²) >= 11 is 11.6. The third kappa shape index (κ3) is 6.30. The highest BCUT2D eigenvalue weighted by Crippen LogP contribution is 2.54. The number of hydrogen-bond donors (Lipinski definition) is 1. The number of amides is 2. The molecule has 1 N–H and O–H groups in total. The third-order valence-electron chi connectivity index (χ3n) is 6.67. The van der Waals surface area contributed by atoms with Gasteiger partial charge >= 0.3 is 18.0 Å². The summed E-state index contributed by atoms with van der Waals surface area (Å²) in [7, 11) is 0. The van der Waals surface area contributed by atoms with Crippen molar-refractivity contribution in [1.29, 1.82) is 5.26 Å². The molecule has 44 heavy (non-hydrogen) atoms. The highest BCUT2D eigenvalue weighted by molar-refractivity contribution is 6.40. The van der Waals surface area contributed by atoms with Crippen LogP contribution in [-0.2, 0) is 5.67 Å². The van der Waals surface area contributed by atoms with Gasteiger partial charge in [0.15, 0.2) is 0 Å². The van der Waals surface area contributed by atoms with Crippen LogP contribution >= 0.6 is 23.2 Å². The first kappa shape index (κ1) is 32.9. The molecule has 2 amide bonds. The van der Waals surface area contributed by atoms with Crippen LogP contribution in [0.15, 0.2) is 48.5 Å². The summed E-state index contributed by atoms with van der Waals surface area (Å²) in [6, 6.07) is 7.39. The Balaban J connectivity index is 1.68. The van der Waals surface area contributed by atoms with Crippen molar-refractivity contribution in [3.8, 4) is 6.07 Å². The Morgan fingerprint density at radius 1 is 0.886 bits per heavy atom. The normalized spacial score (nSPS) is 13.8. The van der Waals surface area contributed by atoms with Gasteiger partial charge in [0.2, 0.25) is 0 Å². The molecule has 0 unspecified atom stereocenters. The largest absolute Gasteiger partial charge is 0.435 e. The molecule has 0 aromatic heterocycles. The maximum absolute atomic E-state index is 15.0. The van der Waals surface area contributed by atoms with Crippen molar-refractivity contribution in [3.05, 3.63) is 92.5 Å². The Morgan fingerprint density at radius 3 is 1.98 bits per heavy atom. The molecule has 1 aliphatic carbocycles. The van der Waals surface area contributed by atoms with Crippen LogP contribution in [0.3, 0.4) is 0 Å². The average molecular weight is 668 g/mol. The fraction of sp³-hybridized carbons (Fsp3) is 0.250. The minimum absolute atomic E-state index is 0.00227. The maximum atomic E-state index is 15.0. The number of nitriles is 1. The Kier molecular flexibility index (Phi) is 8.87. The zero-order valence-electron chi connectivity index (χ0n) is 21.7. The van der Waals surface area contributed by atoms with E-state index in [-0.39, 0.29) is 35.7 Å². The first-order valence-electron chi connectivity index (χ1n) is 12.3. The molecule has 5 nitrogen and oxygen atoms in total. The van der Waals surface area contributed by atoms with Gasteiger partial charge in [-0.1, -0.05) is 23.2 Å². The maximum Gasteiger partial charge on any atom is 0.435 e. The monoisotopic (exact) mass is 667 g/mol. The highest BCUT2D eigenvalue weighted by atomic mass is 35.5. The Hall–Kier alpha value is -3.96. The van der Waals surface area contributed by atoms with E-state index in [2.05, 4.69) is 5.32 Å². The van der Waals surface area contributed by atoms with Crippen LogP contribution in [-0.4, -0.2) is 30.7 Å². The van der Waals surface area contributed by atoms with Gasteiger partial charge < -0.3 is 10.2 Å². The fourth-order valence-corrected chi connectivity index (χ4v) is 4.76. The Morgan fingerprint density at radius 2 is 1.48 bits per heavy atom. The molecule has 1 aliphatic rings. The van der Waals surface area contributed by atoms with Gasteiger partial charge in [0.25, 0.3) is 11.8 Å². The summed E-state index contributed by atoms with van der Waals surface area (Å²) in [5.74, 6) is -4.25. The molecule has 232 valence electrons. The first-order valence-corrected chi connectivity index (χ1v) is 13.1.